The molecule has 0 saturated carbocycles. The number of hydrogen-bond donors (Lipinski definition) is 0. The zero-order valence-electron chi connectivity index (χ0n) is 13.9. The van der Waals surface area contributed by atoms with Gasteiger partial charge in [-0.15, -0.1) is 0 Å². The first kappa shape index (κ1) is 14.8. The molecule has 0 atom stereocenters. The maximum atomic E-state index is 6.06. The van der Waals surface area contributed by atoms with Crippen LogP contribution in [0.4, 0.5) is 17.1 Å². The zero-order valence-corrected chi connectivity index (χ0v) is 13.9. The fourth-order valence-electron chi connectivity index (χ4n) is 3.18. The lowest BCUT2D eigenvalue weighted by Crippen LogP contribution is -2.15. The predicted octanol–water partition coefficient (Wildman–Crippen LogP) is 6.60. The van der Waals surface area contributed by atoms with Gasteiger partial charge in [-0.2, -0.15) is 0 Å². The topological polar surface area (TPSA) is 12.5 Å². The van der Waals surface area contributed by atoms with Gasteiger partial charge in [-0.3, -0.25) is 0 Å². The first-order valence-electron chi connectivity index (χ1n) is 8.62. The van der Waals surface area contributed by atoms with Gasteiger partial charge in [0, 0.05) is 5.69 Å². The molecule has 2 heteroatoms. The van der Waals surface area contributed by atoms with Gasteiger partial charge < -0.3 is 9.64 Å². The highest BCUT2D eigenvalue weighted by atomic mass is 16.5. The standard InChI is InChI=1S/C22H21NO/c1-2-3-8-17-13-15-18(16-14-17)23-19-9-4-6-11-21(19)24-22-12-7-5-10-20(22)23/h4-7,9-16H,2-3,8H2,1H3. The van der Waals surface area contributed by atoms with E-state index in [1.807, 2.05) is 24.3 Å². The van der Waals surface area contributed by atoms with E-state index in [1.54, 1.807) is 0 Å². The molecule has 0 unspecified atom stereocenters. The van der Waals surface area contributed by atoms with Crippen LogP contribution in [0.3, 0.4) is 0 Å². The Hall–Kier alpha value is -2.74. The minimum absolute atomic E-state index is 0.895. The summed E-state index contributed by atoms with van der Waals surface area (Å²) in [5, 5.41) is 0. The third-order valence-electron chi connectivity index (χ3n) is 4.45. The van der Waals surface area contributed by atoms with Gasteiger partial charge in [0.25, 0.3) is 0 Å². The third-order valence-corrected chi connectivity index (χ3v) is 4.45. The number of rotatable bonds is 4. The van der Waals surface area contributed by atoms with E-state index < -0.39 is 0 Å². The number of aryl methyl sites for hydroxylation is 1. The molecule has 3 aromatic rings. The van der Waals surface area contributed by atoms with Crippen molar-refractivity contribution in [2.45, 2.75) is 26.2 Å². The quantitative estimate of drug-likeness (QED) is 0.420. The van der Waals surface area contributed by atoms with Gasteiger partial charge in [0.1, 0.15) is 0 Å². The Morgan fingerprint density at radius 1 is 0.750 bits per heavy atom. The van der Waals surface area contributed by atoms with Gasteiger partial charge in [0.2, 0.25) is 0 Å². The molecule has 1 aliphatic rings. The Labute approximate surface area is 143 Å². The van der Waals surface area contributed by atoms with Crippen LogP contribution in [0, 0.1) is 0 Å². The first-order chi connectivity index (χ1) is 11.9. The Morgan fingerprint density at radius 3 is 1.92 bits per heavy atom. The van der Waals surface area contributed by atoms with Crippen molar-refractivity contribution in [1.29, 1.82) is 0 Å². The van der Waals surface area contributed by atoms with Crippen molar-refractivity contribution < 1.29 is 4.74 Å². The van der Waals surface area contributed by atoms with Crippen molar-refractivity contribution in [3.05, 3.63) is 78.4 Å². The van der Waals surface area contributed by atoms with E-state index in [1.165, 1.54) is 24.1 Å². The number of para-hydroxylation sites is 4. The number of ether oxygens (including phenoxy) is 1. The molecular weight excluding hydrogens is 294 g/mol. The molecule has 0 fully saturated rings. The number of hydrogen-bond acceptors (Lipinski definition) is 2. The van der Waals surface area contributed by atoms with Gasteiger partial charge in [-0.05, 0) is 54.8 Å². The average molecular weight is 315 g/mol. The Kier molecular flexibility index (Phi) is 3.96. The Balaban J connectivity index is 1.77. The summed E-state index contributed by atoms with van der Waals surface area (Å²) < 4.78 is 6.06. The predicted molar refractivity (Wildman–Crippen MR) is 99.8 cm³/mol. The maximum absolute atomic E-state index is 6.06. The molecule has 0 radical (unpaired) electrons. The molecule has 1 heterocycles. The van der Waals surface area contributed by atoms with E-state index in [-0.39, 0.29) is 0 Å². The molecule has 0 amide bonds. The van der Waals surface area contributed by atoms with Gasteiger partial charge in [0.05, 0.1) is 11.4 Å². The summed E-state index contributed by atoms with van der Waals surface area (Å²) >= 11 is 0. The molecule has 120 valence electrons. The molecule has 4 rings (SSSR count). The second-order valence-corrected chi connectivity index (χ2v) is 6.14. The summed E-state index contributed by atoms with van der Waals surface area (Å²) in [5.41, 5.74) is 4.73. The monoisotopic (exact) mass is 315 g/mol. The summed E-state index contributed by atoms with van der Waals surface area (Å²) in [7, 11) is 0. The van der Waals surface area contributed by atoms with Crippen molar-refractivity contribution in [2.24, 2.45) is 0 Å². The molecule has 0 N–H and O–H groups in total. The van der Waals surface area contributed by atoms with Crippen molar-refractivity contribution in [2.75, 3.05) is 4.90 Å². The van der Waals surface area contributed by atoms with Gasteiger partial charge >= 0.3 is 0 Å². The molecule has 2 nitrogen and oxygen atoms in total. The van der Waals surface area contributed by atoms with Crippen LogP contribution in [-0.2, 0) is 6.42 Å². The molecule has 1 aliphatic heterocycles. The fourth-order valence-corrected chi connectivity index (χ4v) is 3.18. The molecule has 3 aromatic carbocycles. The van der Waals surface area contributed by atoms with Crippen molar-refractivity contribution in [3.8, 4) is 11.5 Å². The van der Waals surface area contributed by atoms with Crippen LogP contribution in [0.15, 0.2) is 72.8 Å². The lowest BCUT2D eigenvalue weighted by molar-refractivity contribution is 0.477. The van der Waals surface area contributed by atoms with E-state index in [2.05, 4.69) is 60.4 Å². The van der Waals surface area contributed by atoms with Crippen LogP contribution in [0.1, 0.15) is 25.3 Å². The van der Waals surface area contributed by atoms with E-state index in [9.17, 15) is 0 Å². The molecule has 0 saturated heterocycles. The van der Waals surface area contributed by atoms with Crippen LogP contribution in [0.25, 0.3) is 0 Å². The molecule has 0 aliphatic carbocycles. The van der Waals surface area contributed by atoms with E-state index >= 15 is 0 Å². The zero-order chi connectivity index (χ0) is 16.4. The Bertz CT molecular complexity index is 793. The summed E-state index contributed by atoms with van der Waals surface area (Å²) in [6.45, 7) is 2.23. The summed E-state index contributed by atoms with van der Waals surface area (Å²) in [6, 6.07) is 25.3. The van der Waals surface area contributed by atoms with Crippen molar-refractivity contribution >= 4 is 17.1 Å². The number of unbranched alkanes of at least 4 members (excludes halogenated alkanes) is 1. The average Bonchev–Trinajstić information content (AvgIpc) is 2.65. The number of anilines is 3. The van der Waals surface area contributed by atoms with Gasteiger partial charge in [-0.1, -0.05) is 49.7 Å². The minimum Gasteiger partial charge on any atom is -0.453 e. The van der Waals surface area contributed by atoms with Crippen LogP contribution in [-0.4, -0.2) is 0 Å². The SMILES string of the molecule is CCCCc1ccc(N2c3ccccc3Oc3ccccc32)cc1. The number of fused-ring (bicyclic) bond motifs is 2. The van der Waals surface area contributed by atoms with Crippen molar-refractivity contribution in [3.63, 3.8) is 0 Å². The van der Waals surface area contributed by atoms with Crippen LogP contribution < -0.4 is 9.64 Å². The second-order valence-electron chi connectivity index (χ2n) is 6.14. The summed E-state index contributed by atoms with van der Waals surface area (Å²) in [4.78, 5) is 2.28. The summed E-state index contributed by atoms with van der Waals surface area (Å²) in [5.74, 6) is 1.79. The first-order valence-corrected chi connectivity index (χ1v) is 8.62. The number of benzene rings is 3. The smallest absolute Gasteiger partial charge is 0.151 e. The van der Waals surface area contributed by atoms with E-state index in [0.717, 1.165) is 29.3 Å². The maximum Gasteiger partial charge on any atom is 0.151 e. The molecule has 0 bridgehead atoms. The van der Waals surface area contributed by atoms with Crippen LogP contribution >= 0.6 is 0 Å². The van der Waals surface area contributed by atoms with Crippen LogP contribution in [0.2, 0.25) is 0 Å². The highest BCUT2D eigenvalue weighted by molar-refractivity contribution is 5.86. The highest BCUT2D eigenvalue weighted by Crippen LogP contribution is 2.49. The lowest BCUT2D eigenvalue weighted by Gasteiger charge is -2.32. The highest BCUT2D eigenvalue weighted by Gasteiger charge is 2.24. The largest absolute Gasteiger partial charge is 0.453 e. The van der Waals surface area contributed by atoms with Crippen molar-refractivity contribution in [1.82, 2.24) is 0 Å². The molecule has 24 heavy (non-hydrogen) atoms. The molecule has 0 aromatic heterocycles. The van der Waals surface area contributed by atoms with Gasteiger partial charge in [0.15, 0.2) is 11.5 Å². The molecule has 0 spiro atoms. The third kappa shape index (κ3) is 2.65. The fraction of sp³-hybridized carbons (Fsp3) is 0.182. The minimum atomic E-state index is 0.895. The van der Waals surface area contributed by atoms with E-state index in [0.29, 0.717) is 0 Å². The normalized spacial score (nSPS) is 12.3. The number of nitrogens with zero attached hydrogens (tertiary/aromatic N) is 1. The molecular formula is C22H21NO. The second kappa shape index (κ2) is 6.40. The lowest BCUT2D eigenvalue weighted by atomic mass is 10.1. The van der Waals surface area contributed by atoms with Gasteiger partial charge in [-0.25, -0.2) is 0 Å². The summed E-state index contributed by atoms with van der Waals surface area (Å²) in [6.07, 6.45) is 3.61. The Morgan fingerprint density at radius 2 is 1.33 bits per heavy atom. The van der Waals surface area contributed by atoms with Crippen LogP contribution in [0.5, 0.6) is 11.5 Å². The van der Waals surface area contributed by atoms with E-state index in [4.69, 9.17) is 4.74 Å².